The molecule has 4 heteroatoms. The molecule has 0 spiro atoms. The van der Waals surface area contributed by atoms with Gasteiger partial charge in [0.1, 0.15) is 13.2 Å². The average Bonchev–Trinajstić information content (AvgIpc) is 2.84. The maximum Gasteiger partial charge on any atom is 0.161 e. The molecule has 19 heavy (non-hydrogen) atoms. The minimum Gasteiger partial charge on any atom is -0.486 e. The fraction of sp³-hybridized carbons (Fsp3) is 0.333. The summed E-state index contributed by atoms with van der Waals surface area (Å²) in [4.78, 5) is 0. The Morgan fingerprint density at radius 3 is 2.63 bits per heavy atom. The first-order chi connectivity index (χ1) is 9.31. The van der Waals surface area contributed by atoms with Gasteiger partial charge in [0.05, 0.1) is 0 Å². The van der Waals surface area contributed by atoms with Crippen LogP contribution in [0.15, 0.2) is 36.7 Å². The molecular weight excluding hydrogens is 240 g/mol. The first-order valence-corrected chi connectivity index (χ1v) is 6.51. The van der Waals surface area contributed by atoms with Crippen molar-refractivity contribution in [3.8, 4) is 11.5 Å². The Kier molecular flexibility index (Phi) is 3.42. The molecule has 3 rings (SSSR count). The molecule has 0 bridgehead atoms. The van der Waals surface area contributed by atoms with Gasteiger partial charge in [-0.05, 0) is 29.3 Å². The van der Waals surface area contributed by atoms with Gasteiger partial charge in [-0.1, -0.05) is 6.07 Å². The molecule has 0 saturated heterocycles. The summed E-state index contributed by atoms with van der Waals surface area (Å²) in [5.41, 5.74) is 2.50. The normalized spacial score (nSPS) is 13.5. The lowest BCUT2D eigenvalue weighted by Gasteiger charge is -2.18. The van der Waals surface area contributed by atoms with E-state index in [0.717, 1.165) is 24.6 Å². The van der Waals surface area contributed by atoms with Crippen LogP contribution in [0.25, 0.3) is 0 Å². The van der Waals surface area contributed by atoms with Crippen molar-refractivity contribution in [3.63, 3.8) is 0 Å². The molecule has 1 aromatic heterocycles. The topological polar surface area (TPSA) is 35.4 Å². The highest BCUT2D eigenvalue weighted by molar-refractivity contribution is 5.43. The van der Waals surface area contributed by atoms with E-state index in [0.29, 0.717) is 13.2 Å². The van der Waals surface area contributed by atoms with Crippen LogP contribution in [0, 0.1) is 0 Å². The van der Waals surface area contributed by atoms with Crippen molar-refractivity contribution in [2.45, 2.75) is 13.1 Å². The molecule has 0 saturated carbocycles. The van der Waals surface area contributed by atoms with E-state index in [9.17, 15) is 0 Å². The molecule has 0 unspecified atom stereocenters. The number of aryl methyl sites for hydroxylation is 1. The zero-order valence-electron chi connectivity index (χ0n) is 11.1. The maximum atomic E-state index is 5.58. The summed E-state index contributed by atoms with van der Waals surface area (Å²) in [6, 6.07) is 8.23. The quantitative estimate of drug-likeness (QED) is 0.912. The van der Waals surface area contributed by atoms with Crippen molar-refractivity contribution in [2.24, 2.45) is 7.05 Å². The molecule has 100 valence electrons. The Morgan fingerprint density at radius 2 is 1.84 bits per heavy atom. The van der Waals surface area contributed by atoms with Gasteiger partial charge in [0, 0.05) is 32.5 Å². The standard InChI is InChI=1S/C15H18N2O2/c1-17-5-4-13(11-17)10-16-9-12-2-3-14-15(8-12)19-7-6-18-14/h2-5,8,11,16H,6-7,9-10H2,1H3. The van der Waals surface area contributed by atoms with Crippen LogP contribution in [0.5, 0.6) is 11.5 Å². The molecule has 2 heterocycles. The van der Waals surface area contributed by atoms with E-state index < -0.39 is 0 Å². The third-order valence-corrected chi connectivity index (χ3v) is 3.16. The second-order valence-corrected chi connectivity index (χ2v) is 4.77. The zero-order valence-corrected chi connectivity index (χ0v) is 11.1. The highest BCUT2D eigenvalue weighted by Crippen LogP contribution is 2.30. The smallest absolute Gasteiger partial charge is 0.161 e. The number of aromatic nitrogens is 1. The Hall–Kier alpha value is -1.94. The first-order valence-electron chi connectivity index (χ1n) is 6.51. The second kappa shape index (κ2) is 5.36. The number of ether oxygens (including phenoxy) is 2. The van der Waals surface area contributed by atoms with Gasteiger partial charge < -0.3 is 19.4 Å². The lowest BCUT2D eigenvalue weighted by Crippen LogP contribution is -2.16. The number of nitrogens with zero attached hydrogens (tertiary/aromatic N) is 1. The Labute approximate surface area is 113 Å². The Morgan fingerprint density at radius 1 is 1.05 bits per heavy atom. The van der Waals surface area contributed by atoms with Gasteiger partial charge in [-0.2, -0.15) is 0 Å². The molecule has 0 fully saturated rings. The predicted octanol–water partition coefficient (Wildman–Crippen LogP) is 2.09. The van der Waals surface area contributed by atoms with Gasteiger partial charge in [0.2, 0.25) is 0 Å². The van der Waals surface area contributed by atoms with E-state index in [2.05, 4.69) is 34.4 Å². The molecule has 2 aromatic rings. The summed E-state index contributed by atoms with van der Waals surface area (Å²) in [7, 11) is 2.03. The van der Waals surface area contributed by atoms with Gasteiger partial charge in [0.25, 0.3) is 0 Å². The number of fused-ring (bicyclic) bond motifs is 1. The van der Waals surface area contributed by atoms with Crippen LogP contribution in [-0.2, 0) is 20.1 Å². The molecule has 0 atom stereocenters. The summed E-state index contributed by atoms with van der Waals surface area (Å²) in [6.45, 7) is 2.97. The van der Waals surface area contributed by atoms with E-state index in [-0.39, 0.29) is 0 Å². The largest absolute Gasteiger partial charge is 0.486 e. The third kappa shape index (κ3) is 2.90. The van der Waals surface area contributed by atoms with Crippen LogP contribution in [0.1, 0.15) is 11.1 Å². The van der Waals surface area contributed by atoms with E-state index in [4.69, 9.17) is 9.47 Å². The third-order valence-electron chi connectivity index (χ3n) is 3.16. The zero-order chi connectivity index (χ0) is 13.1. The first kappa shape index (κ1) is 12.1. The molecule has 4 nitrogen and oxygen atoms in total. The second-order valence-electron chi connectivity index (χ2n) is 4.77. The molecule has 0 amide bonds. The molecular formula is C15H18N2O2. The van der Waals surface area contributed by atoms with E-state index in [1.807, 2.05) is 19.2 Å². The number of hydrogen-bond donors (Lipinski definition) is 1. The molecule has 0 aliphatic carbocycles. The van der Waals surface area contributed by atoms with Crippen molar-refractivity contribution >= 4 is 0 Å². The van der Waals surface area contributed by atoms with Crippen LogP contribution in [0.3, 0.4) is 0 Å². The predicted molar refractivity (Wildman–Crippen MR) is 73.4 cm³/mol. The summed E-state index contributed by atoms with van der Waals surface area (Å²) in [6.07, 6.45) is 4.18. The minimum absolute atomic E-state index is 0.633. The van der Waals surface area contributed by atoms with Crippen molar-refractivity contribution in [1.29, 1.82) is 0 Å². The van der Waals surface area contributed by atoms with Crippen LogP contribution in [0.4, 0.5) is 0 Å². The van der Waals surface area contributed by atoms with E-state index >= 15 is 0 Å². The van der Waals surface area contributed by atoms with Crippen LogP contribution < -0.4 is 14.8 Å². The van der Waals surface area contributed by atoms with Crippen LogP contribution in [0.2, 0.25) is 0 Å². The van der Waals surface area contributed by atoms with Crippen LogP contribution >= 0.6 is 0 Å². The van der Waals surface area contributed by atoms with Gasteiger partial charge >= 0.3 is 0 Å². The lowest BCUT2D eigenvalue weighted by atomic mass is 10.2. The monoisotopic (exact) mass is 258 g/mol. The summed E-state index contributed by atoms with van der Waals surface area (Å²) < 4.78 is 13.1. The van der Waals surface area contributed by atoms with Crippen molar-refractivity contribution < 1.29 is 9.47 Å². The van der Waals surface area contributed by atoms with Crippen molar-refractivity contribution in [2.75, 3.05) is 13.2 Å². The average molecular weight is 258 g/mol. The Balaban J connectivity index is 1.58. The minimum atomic E-state index is 0.633. The van der Waals surface area contributed by atoms with E-state index in [1.165, 1.54) is 11.1 Å². The summed E-state index contributed by atoms with van der Waals surface area (Å²) in [5.74, 6) is 1.70. The van der Waals surface area contributed by atoms with Gasteiger partial charge in [0.15, 0.2) is 11.5 Å². The fourth-order valence-electron chi connectivity index (χ4n) is 2.21. The highest BCUT2D eigenvalue weighted by Gasteiger charge is 2.11. The number of nitrogens with one attached hydrogen (secondary N) is 1. The van der Waals surface area contributed by atoms with Gasteiger partial charge in [-0.25, -0.2) is 0 Å². The summed E-state index contributed by atoms with van der Waals surface area (Å²) >= 11 is 0. The summed E-state index contributed by atoms with van der Waals surface area (Å²) in [5, 5.41) is 3.43. The Bertz CT molecular complexity index is 563. The number of rotatable bonds is 4. The molecule has 1 N–H and O–H groups in total. The van der Waals surface area contributed by atoms with Gasteiger partial charge in [-0.3, -0.25) is 0 Å². The van der Waals surface area contributed by atoms with Crippen molar-refractivity contribution in [1.82, 2.24) is 9.88 Å². The molecule has 1 aromatic carbocycles. The molecule has 1 aliphatic heterocycles. The number of hydrogen-bond acceptors (Lipinski definition) is 3. The van der Waals surface area contributed by atoms with Gasteiger partial charge in [-0.15, -0.1) is 0 Å². The lowest BCUT2D eigenvalue weighted by molar-refractivity contribution is 0.171. The van der Waals surface area contributed by atoms with E-state index in [1.54, 1.807) is 0 Å². The van der Waals surface area contributed by atoms with Crippen molar-refractivity contribution in [3.05, 3.63) is 47.8 Å². The molecule has 0 radical (unpaired) electrons. The fourth-order valence-corrected chi connectivity index (χ4v) is 2.21. The number of benzene rings is 1. The van der Waals surface area contributed by atoms with Crippen LogP contribution in [-0.4, -0.2) is 17.8 Å². The SMILES string of the molecule is Cn1ccc(CNCc2ccc3c(c2)OCCO3)c1. The highest BCUT2D eigenvalue weighted by atomic mass is 16.6. The molecule has 1 aliphatic rings. The maximum absolute atomic E-state index is 5.58.